The molecule has 17 heavy (non-hydrogen) atoms. The average Bonchev–Trinajstić information content (AvgIpc) is 2.91. The lowest BCUT2D eigenvalue weighted by Gasteiger charge is -2.32. The molecule has 0 amide bonds. The molecule has 1 aliphatic carbocycles. The van der Waals surface area contributed by atoms with Gasteiger partial charge in [0.1, 0.15) is 5.75 Å². The molecule has 0 bridgehead atoms. The van der Waals surface area contributed by atoms with Gasteiger partial charge in [0.25, 0.3) is 0 Å². The fraction of sp³-hybridized carbons (Fsp3) is 0.600. The van der Waals surface area contributed by atoms with Crippen LogP contribution in [-0.4, -0.2) is 13.7 Å². The summed E-state index contributed by atoms with van der Waals surface area (Å²) in [5, 5.41) is 3.56. The topological polar surface area (TPSA) is 21.3 Å². The first-order chi connectivity index (χ1) is 8.40. The molecular weight excluding hydrogens is 210 g/mol. The SMILES string of the molecule is COc1cccc2c1C(C1CCCC1)CNC2. The molecule has 0 radical (unpaired) electrons. The largest absolute Gasteiger partial charge is 0.496 e. The van der Waals surface area contributed by atoms with Crippen LogP contribution in [0.15, 0.2) is 18.2 Å². The van der Waals surface area contributed by atoms with Gasteiger partial charge < -0.3 is 10.1 Å². The van der Waals surface area contributed by atoms with Gasteiger partial charge in [0.15, 0.2) is 0 Å². The van der Waals surface area contributed by atoms with E-state index >= 15 is 0 Å². The summed E-state index contributed by atoms with van der Waals surface area (Å²) in [6.07, 6.45) is 5.60. The summed E-state index contributed by atoms with van der Waals surface area (Å²) in [7, 11) is 1.79. The number of hydrogen-bond donors (Lipinski definition) is 1. The molecule has 2 heteroatoms. The van der Waals surface area contributed by atoms with E-state index in [0.29, 0.717) is 5.92 Å². The molecule has 0 spiro atoms. The van der Waals surface area contributed by atoms with Crippen molar-refractivity contribution in [2.45, 2.75) is 38.1 Å². The first-order valence-corrected chi connectivity index (χ1v) is 6.76. The van der Waals surface area contributed by atoms with Crippen molar-refractivity contribution in [3.8, 4) is 5.75 Å². The van der Waals surface area contributed by atoms with Gasteiger partial charge in [0, 0.05) is 24.6 Å². The van der Waals surface area contributed by atoms with Crippen LogP contribution in [0.1, 0.15) is 42.7 Å². The minimum atomic E-state index is 0.664. The van der Waals surface area contributed by atoms with E-state index < -0.39 is 0 Å². The molecule has 1 saturated carbocycles. The van der Waals surface area contributed by atoms with Crippen LogP contribution in [-0.2, 0) is 6.54 Å². The zero-order valence-electron chi connectivity index (χ0n) is 10.5. The molecule has 1 heterocycles. The Hall–Kier alpha value is -1.02. The van der Waals surface area contributed by atoms with E-state index in [4.69, 9.17) is 4.74 Å². The van der Waals surface area contributed by atoms with Crippen molar-refractivity contribution in [3.63, 3.8) is 0 Å². The van der Waals surface area contributed by atoms with Crippen molar-refractivity contribution in [1.29, 1.82) is 0 Å². The molecule has 1 N–H and O–H groups in total. The van der Waals surface area contributed by atoms with Crippen LogP contribution >= 0.6 is 0 Å². The van der Waals surface area contributed by atoms with E-state index in [1.807, 2.05) is 0 Å². The Morgan fingerprint density at radius 3 is 2.82 bits per heavy atom. The molecule has 1 aromatic carbocycles. The molecule has 3 rings (SSSR count). The first-order valence-electron chi connectivity index (χ1n) is 6.76. The van der Waals surface area contributed by atoms with Gasteiger partial charge in [-0.3, -0.25) is 0 Å². The second kappa shape index (κ2) is 4.69. The van der Waals surface area contributed by atoms with Gasteiger partial charge in [0.05, 0.1) is 7.11 Å². The zero-order chi connectivity index (χ0) is 11.7. The molecule has 0 saturated heterocycles. The Balaban J connectivity index is 1.99. The van der Waals surface area contributed by atoms with Gasteiger partial charge >= 0.3 is 0 Å². The molecule has 2 nitrogen and oxygen atoms in total. The van der Waals surface area contributed by atoms with Gasteiger partial charge in [0.2, 0.25) is 0 Å². The van der Waals surface area contributed by atoms with E-state index in [-0.39, 0.29) is 0 Å². The van der Waals surface area contributed by atoms with Crippen molar-refractivity contribution < 1.29 is 4.74 Å². The van der Waals surface area contributed by atoms with E-state index in [0.717, 1.165) is 24.8 Å². The highest BCUT2D eigenvalue weighted by molar-refractivity contribution is 5.44. The smallest absolute Gasteiger partial charge is 0.122 e. The second-order valence-electron chi connectivity index (χ2n) is 5.32. The van der Waals surface area contributed by atoms with Crippen LogP contribution in [0.3, 0.4) is 0 Å². The molecule has 1 fully saturated rings. The van der Waals surface area contributed by atoms with Crippen LogP contribution in [0, 0.1) is 5.92 Å². The van der Waals surface area contributed by atoms with Crippen molar-refractivity contribution in [1.82, 2.24) is 5.32 Å². The van der Waals surface area contributed by atoms with E-state index in [2.05, 4.69) is 23.5 Å². The van der Waals surface area contributed by atoms with Gasteiger partial charge in [-0.05, 0) is 30.4 Å². The highest BCUT2D eigenvalue weighted by Gasteiger charge is 2.31. The zero-order valence-corrected chi connectivity index (χ0v) is 10.5. The number of nitrogens with one attached hydrogen (secondary N) is 1. The lowest BCUT2D eigenvalue weighted by Crippen LogP contribution is -2.32. The van der Waals surface area contributed by atoms with Gasteiger partial charge in [-0.15, -0.1) is 0 Å². The normalized spacial score (nSPS) is 24.6. The Bertz CT molecular complexity index is 382. The minimum Gasteiger partial charge on any atom is -0.496 e. The van der Waals surface area contributed by atoms with Crippen molar-refractivity contribution in [2.24, 2.45) is 5.92 Å². The molecular formula is C15H21NO. The van der Waals surface area contributed by atoms with Crippen LogP contribution in [0.25, 0.3) is 0 Å². The predicted octanol–water partition coefficient (Wildman–Crippen LogP) is 3.07. The number of ether oxygens (including phenoxy) is 1. The number of methoxy groups -OCH3 is 1. The Kier molecular flexibility index (Phi) is 3.06. The number of fused-ring (bicyclic) bond motifs is 1. The molecule has 1 aromatic rings. The maximum Gasteiger partial charge on any atom is 0.122 e. The third kappa shape index (κ3) is 1.95. The van der Waals surface area contributed by atoms with E-state index in [1.54, 1.807) is 7.11 Å². The van der Waals surface area contributed by atoms with Crippen LogP contribution in [0.5, 0.6) is 5.75 Å². The predicted molar refractivity (Wildman–Crippen MR) is 69.4 cm³/mol. The number of hydrogen-bond acceptors (Lipinski definition) is 2. The summed E-state index contributed by atoms with van der Waals surface area (Å²) in [4.78, 5) is 0. The average molecular weight is 231 g/mol. The Morgan fingerprint density at radius 1 is 1.24 bits per heavy atom. The van der Waals surface area contributed by atoms with Crippen LogP contribution in [0.2, 0.25) is 0 Å². The van der Waals surface area contributed by atoms with E-state index in [1.165, 1.54) is 36.8 Å². The van der Waals surface area contributed by atoms with Crippen molar-refractivity contribution in [3.05, 3.63) is 29.3 Å². The number of benzene rings is 1. The maximum atomic E-state index is 5.57. The molecule has 2 aliphatic rings. The maximum absolute atomic E-state index is 5.57. The fourth-order valence-corrected chi connectivity index (χ4v) is 3.57. The highest BCUT2D eigenvalue weighted by Crippen LogP contribution is 2.43. The van der Waals surface area contributed by atoms with Gasteiger partial charge in [-0.1, -0.05) is 25.0 Å². The third-order valence-electron chi connectivity index (χ3n) is 4.40. The lowest BCUT2D eigenvalue weighted by molar-refractivity contribution is 0.358. The minimum absolute atomic E-state index is 0.664. The van der Waals surface area contributed by atoms with Gasteiger partial charge in [-0.2, -0.15) is 0 Å². The molecule has 0 aromatic heterocycles. The molecule has 1 unspecified atom stereocenters. The summed E-state index contributed by atoms with van der Waals surface area (Å²) >= 11 is 0. The van der Waals surface area contributed by atoms with Crippen LogP contribution in [0.4, 0.5) is 0 Å². The second-order valence-corrected chi connectivity index (χ2v) is 5.32. The monoisotopic (exact) mass is 231 g/mol. The number of rotatable bonds is 2. The summed E-state index contributed by atoms with van der Waals surface area (Å²) < 4.78 is 5.57. The summed E-state index contributed by atoms with van der Waals surface area (Å²) in [5.74, 6) is 2.62. The Labute approximate surface area is 103 Å². The Morgan fingerprint density at radius 2 is 2.06 bits per heavy atom. The summed E-state index contributed by atoms with van der Waals surface area (Å²) in [6.45, 7) is 2.12. The highest BCUT2D eigenvalue weighted by atomic mass is 16.5. The van der Waals surface area contributed by atoms with E-state index in [9.17, 15) is 0 Å². The summed E-state index contributed by atoms with van der Waals surface area (Å²) in [5.41, 5.74) is 2.92. The lowest BCUT2D eigenvalue weighted by atomic mass is 9.80. The summed E-state index contributed by atoms with van der Waals surface area (Å²) in [6, 6.07) is 6.47. The molecule has 1 aliphatic heterocycles. The van der Waals surface area contributed by atoms with Crippen LogP contribution < -0.4 is 10.1 Å². The quantitative estimate of drug-likeness (QED) is 0.844. The third-order valence-corrected chi connectivity index (χ3v) is 4.40. The van der Waals surface area contributed by atoms with Crippen molar-refractivity contribution in [2.75, 3.05) is 13.7 Å². The standard InChI is InChI=1S/C15H21NO/c1-17-14-8-4-7-12-9-16-10-13(15(12)14)11-5-2-3-6-11/h4,7-8,11,13,16H,2-3,5-6,9-10H2,1H3. The van der Waals surface area contributed by atoms with Gasteiger partial charge in [-0.25, -0.2) is 0 Å². The molecule has 1 atom stereocenters. The van der Waals surface area contributed by atoms with Crippen molar-refractivity contribution >= 4 is 0 Å². The first kappa shape index (κ1) is 11.1. The molecule has 92 valence electrons. The fourth-order valence-electron chi connectivity index (χ4n) is 3.57.